The maximum atomic E-state index is 2.55. The fourth-order valence-electron chi connectivity index (χ4n) is 2.75. The van der Waals surface area contributed by atoms with Gasteiger partial charge in [0.25, 0.3) is 0 Å². The predicted octanol–water partition coefficient (Wildman–Crippen LogP) is 1.03. The van der Waals surface area contributed by atoms with Crippen LogP contribution >= 0.6 is 0 Å². The van der Waals surface area contributed by atoms with E-state index in [4.69, 9.17) is 0 Å². The summed E-state index contributed by atoms with van der Waals surface area (Å²) in [5.41, 5.74) is 0. The molecule has 0 aromatic carbocycles. The first-order valence-corrected chi connectivity index (χ1v) is 5.09. The molecule has 0 bridgehead atoms. The molecule has 3 unspecified atom stereocenters. The average Bonchev–Trinajstić information content (AvgIpc) is 2.35. The van der Waals surface area contributed by atoms with Crippen LogP contribution in [0.1, 0.15) is 19.8 Å². The van der Waals surface area contributed by atoms with Gasteiger partial charge in [-0.2, -0.15) is 0 Å². The SMILES string of the molecule is CC1CC2C(CCN2C)CN1C. The summed E-state index contributed by atoms with van der Waals surface area (Å²) < 4.78 is 0. The van der Waals surface area contributed by atoms with Crippen LogP contribution in [0.2, 0.25) is 0 Å². The third kappa shape index (κ3) is 1.27. The lowest BCUT2D eigenvalue weighted by molar-refractivity contribution is 0.0995. The zero-order chi connectivity index (χ0) is 8.72. The lowest BCUT2D eigenvalue weighted by atomic mass is 9.89. The van der Waals surface area contributed by atoms with Gasteiger partial charge < -0.3 is 9.80 Å². The molecule has 0 N–H and O–H groups in total. The van der Waals surface area contributed by atoms with E-state index in [0.717, 1.165) is 18.0 Å². The van der Waals surface area contributed by atoms with E-state index in [9.17, 15) is 0 Å². The van der Waals surface area contributed by atoms with E-state index in [1.807, 2.05) is 0 Å². The molecule has 70 valence electrons. The molecule has 2 heteroatoms. The van der Waals surface area contributed by atoms with Crippen LogP contribution in [-0.4, -0.2) is 49.1 Å². The van der Waals surface area contributed by atoms with Gasteiger partial charge in [-0.15, -0.1) is 0 Å². The highest BCUT2D eigenvalue weighted by atomic mass is 15.2. The van der Waals surface area contributed by atoms with Crippen molar-refractivity contribution in [2.75, 3.05) is 27.2 Å². The van der Waals surface area contributed by atoms with Crippen molar-refractivity contribution in [3.05, 3.63) is 0 Å². The van der Waals surface area contributed by atoms with Crippen molar-refractivity contribution in [3.63, 3.8) is 0 Å². The van der Waals surface area contributed by atoms with Gasteiger partial charge in [-0.25, -0.2) is 0 Å². The molecule has 2 rings (SSSR count). The summed E-state index contributed by atoms with van der Waals surface area (Å²) in [6.45, 7) is 4.98. The number of nitrogens with zero attached hydrogens (tertiary/aromatic N) is 2. The molecule has 0 amide bonds. The first kappa shape index (κ1) is 8.52. The first-order valence-electron chi connectivity index (χ1n) is 5.09. The normalized spacial score (nSPS) is 44.8. The van der Waals surface area contributed by atoms with E-state index in [0.29, 0.717) is 0 Å². The Bertz CT molecular complexity index is 169. The topological polar surface area (TPSA) is 6.48 Å². The molecule has 0 saturated carbocycles. The lowest BCUT2D eigenvalue weighted by Gasteiger charge is -2.39. The highest BCUT2D eigenvalue weighted by molar-refractivity contribution is 4.93. The summed E-state index contributed by atoms with van der Waals surface area (Å²) in [5.74, 6) is 0.955. The summed E-state index contributed by atoms with van der Waals surface area (Å²) in [7, 11) is 4.54. The largest absolute Gasteiger partial charge is 0.303 e. The van der Waals surface area contributed by atoms with Crippen molar-refractivity contribution >= 4 is 0 Å². The second kappa shape index (κ2) is 3.00. The molecular formula is C10H20N2. The van der Waals surface area contributed by atoms with Gasteiger partial charge in [0.15, 0.2) is 0 Å². The maximum Gasteiger partial charge on any atom is 0.0148 e. The van der Waals surface area contributed by atoms with Crippen LogP contribution in [0.25, 0.3) is 0 Å². The van der Waals surface area contributed by atoms with Crippen molar-refractivity contribution in [1.82, 2.24) is 9.80 Å². The Morgan fingerprint density at radius 2 is 1.92 bits per heavy atom. The quantitative estimate of drug-likeness (QED) is 0.533. The summed E-state index contributed by atoms with van der Waals surface area (Å²) in [6.07, 6.45) is 2.79. The summed E-state index contributed by atoms with van der Waals surface area (Å²) >= 11 is 0. The molecule has 0 aromatic rings. The fourth-order valence-corrected chi connectivity index (χ4v) is 2.75. The average molecular weight is 168 g/mol. The third-order valence-electron chi connectivity index (χ3n) is 3.82. The first-order chi connectivity index (χ1) is 5.68. The fraction of sp³-hybridized carbons (Fsp3) is 1.00. The molecule has 12 heavy (non-hydrogen) atoms. The van der Waals surface area contributed by atoms with Crippen LogP contribution < -0.4 is 0 Å². The maximum absolute atomic E-state index is 2.55. The van der Waals surface area contributed by atoms with E-state index in [1.165, 1.54) is 25.9 Å². The smallest absolute Gasteiger partial charge is 0.0148 e. The van der Waals surface area contributed by atoms with E-state index >= 15 is 0 Å². The van der Waals surface area contributed by atoms with Crippen molar-refractivity contribution in [1.29, 1.82) is 0 Å². The summed E-state index contributed by atoms with van der Waals surface area (Å²) in [4.78, 5) is 5.06. The summed E-state index contributed by atoms with van der Waals surface area (Å²) in [6, 6.07) is 1.67. The minimum atomic E-state index is 0.784. The second-order valence-corrected chi connectivity index (χ2v) is 4.62. The molecule has 2 fully saturated rings. The van der Waals surface area contributed by atoms with Gasteiger partial charge in [-0.1, -0.05) is 0 Å². The predicted molar refractivity (Wildman–Crippen MR) is 51.2 cm³/mol. The Labute approximate surface area is 75.5 Å². The Kier molecular flexibility index (Phi) is 2.13. The summed E-state index contributed by atoms with van der Waals surface area (Å²) in [5, 5.41) is 0. The molecular weight excluding hydrogens is 148 g/mol. The molecule has 0 aliphatic carbocycles. The van der Waals surface area contributed by atoms with Gasteiger partial charge >= 0.3 is 0 Å². The standard InChI is InChI=1S/C10H20N2/c1-8-6-10-9(7-12(8)3)4-5-11(10)2/h8-10H,4-7H2,1-3H3. The van der Waals surface area contributed by atoms with Crippen molar-refractivity contribution in [2.24, 2.45) is 5.92 Å². The van der Waals surface area contributed by atoms with Gasteiger partial charge in [0.05, 0.1) is 0 Å². The molecule has 0 aromatic heterocycles. The molecule has 2 aliphatic heterocycles. The molecule has 2 heterocycles. The second-order valence-electron chi connectivity index (χ2n) is 4.62. The molecule has 0 radical (unpaired) electrons. The Balaban J connectivity index is 2.04. The number of rotatable bonds is 0. The Hall–Kier alpha value is -0.0800. The minimum absolute atomic E-state index is 0.784. The minimum Gasteiger partial charge on any atom is -0.303 e. The van der Waals surface area contributed by atoms with Gasteiger partial charge in [-0.3, -0.25) is 0 Å². The third-order valence-corrected chi connectivity index (χ3v) is 3.82. The van der Waals surface area contributed by atoms with Crippen LogP contribution in [0.4, 0.5) is 0 Å². The molecule has 0 spiro atoms. The zero-order valence-electron chi connectivity index (χ0n) is 8.45. The van der Waals surface area contributed by atoms with Gasteiger partial charge in [0.1, 0.15) is 0 Å². The number of hydrogen-bond acceptors (Lipinski definition) is 2. The molecule has 2 nitrogen and oxygen atoms in total. The number of piperidine rings is 1. The van der Waals surface area contributed by atoms with Crippen LogP contribution in [0.3, 0.4) is 0 Å². The van der Waals surface area contributed by atoms with Crippen LogP contribution in [0.5, 0.6) is 0 Å². The molecule has 2 aliphatic rings. The Morgan fingerprint density at radius 1 is 1.17 bits per heavy atom. The zero-order valence-corrected chi connectivity index (χ0v) is 8.45. The highest BCUT2D eigenvalue weighted by Crippen LogP contribution is 2.31. The van der Waals surface area contributed by atoms with Gasteiger partial charge in [0, 0.05) is 18.6 Å². The number of hydrogen-bond donors (Lipinski definition) is 0. The Morgan fingerprint density at radius 3 is 2.67 bits per heavy atom. The highest BCUT2D eigenvalue weighted by Gasteiger charge is 2.37. The van der Waals surface area contributed by atoms with Crippen LogP contribution in [-0.2, 0) is 0 Å². The number of fused-ring (bicyclic) bond motifs is 1. The van der Waals surface area contributed by atoms with E-state index in [2.05, 4.69) is 30.8 Å². The van der Waals surface area contributed by atoms with Crippen molar-refractivity contribution in [2.45, 2.75) is 31.8 Å². The van der Waals surface area contributed by atoms with Crippen LogP contribution in [0.15, 0.2) is 0 Å². The van der Waals surface area contributed by atoms with Gasteiger partial charge in [0.2, 0.25) is 0 Å². The van der Waals surface area contributed by atoms with E-state index < -0.39 is 0 Å². The monoisotopic (exact) mass is 168 g/mol. The van der Waals surface area contributed by atoms with Gasteiger partial charge in [-0.05, 0) is 46.3 Å². The van der Waals surface area contributed by atoms with E-state index in [1.54, 1.807) is 0 Å². The van der Waals surface area contributed by atoms with Crippen molar-refractivity contribution < 1.29 is 0 Å². The molecule has 3 atom stereocenters. The lowest BCUT2D eigenvalue weighted by Crippen LogP contribution is -2.47. The van der Waals surface area contributed by atoms with E-state index in [-0.39, 0.29) is 0 Å². The molecule has 2 saturated heterocycles. The number of likely N-dealkylation sites (tertiary alicyclic amines) is 2. The van der Waals surface area contributed by atoms with Crippen LogP contribution in [0, 0.1) is 5.92 Å². The van der Waals surface area contributed by atoms with Crippen molar-refractivity contribution in [3.8, 4) is 0 Å².